The highest BCUT2D eigenvalue weighted by Crippen LogP contribution is 2.14. The number of aromatic nitrogens is 4. The van der Waals surface area contributed by atoms with Crippen LogP contribution in [0.1, 0.15) is 5.56 Å². The Hall–Kier alpha value is -2.83. The Morgan fingerprint density at radius 2 is 1.86 bits per heavy atom. The van der Waals surface area contributed by atoms with Crippen molar-refractivity contribution in [3.05, 3.63) is 65.7 Å². The summed E-state index contributed by atoms with van der Waals surface area (Å²) in [4.78, 5) is 0. The van der Waals surface area contributed by atoms with Gasteiger partial charge in [-0.2, -0.15) is 4.68 Å². The molecule has 0 bridgehead atoms. The number of benzene rings is 2. The van der Waals surface area contributed by atoms with E-state index in [2.05, 4.69) is 20.8 Å². The second kappa shape index (κ2) is 5.66. The maximum atomic E-state index is 13.6. The van der Waals surface area contributed by atoms with Gasteiger partial charge in [0.15, 0.2) is 0 Å². The topological polar surface area (TPSA) is 55.6 Å². The van der Waals surface area contributed by atoms with Gasteiger partial charge in [-0.1, -0.05) is 23.3 Å². The summed E-state index contributed by atoms with van der Waals surface area (Å²) in [6.07, 6.45) is 0. The maximum absolute atomic E-state index is 13.6. The maximum Gasteiger partial charge on any atom is 0.248 e. The molecule has 21 heavy (non-hydrogen) atoms. The van der Waals surface area contributed by atoms with Gasteiger partial charge in [-0.05, 0) is 40.8 Å². The van der Waals surface area contributed by atoms with E-state index in [0.29, 0.717) is 5.95 Å². The first-order valence-electron chi connectivity index (χ1n) is 6.25. The molecule has 0 spiro atoms. The quantitative estimate of drug-likeness (QED) is 0.801. The monoisotopic (exact) mass is 287 g/mol. The van der Waals surface area contributed by atoms with Crippen LogP contribution in [0.5, 0.6) is 0 Å². The normalized spacial score (nSPS) is 10.6. The molecule has 0 atom stereocenters. The summed E-state index contributed by atoms with van der Waals surface area (Å²) in [7, 11) is 0. The van der Waals surface area contributed by atoms with Gasteiger partial charge in [-0.25, -0.2) is 8.78 Å². The van der Waals surface area contributed by atoms with Gasteiger partial charge in [-0.15, -0.1) is 0 Å². The summed E-state index contributed by atoms with van der Waals surface area (Å²) in [6.45, 7) is 0.0802. The lowest BCUT2D eigenvalue weighted by Gasteiger charge is -2.07. The number of hydrogen-bond donors (Lipinski definition) is 1. The Bertz CT molecular complexity index is 742. The molecule has 0 aliphatic rings. The lowest BCUT2D eigenvalue weighted by Crippen LogP contribution is -2.08. The van der Waals surface area contributed by atoms with E-state index in [4.69, 9.17) is 0 Å². The Balaban J connectivity index is 1.81. The van der Waals surface area contributed by atoms with Crippen molar-refractivity contribution in [2.24, 2.45) is 0 Å². The SMILES string of the molecule is Fc1ccc(F)c(CNc2nnnn2-c2ccccc2)c1. The van der Waals surface area contributed by atoms with Crippen LogP contribution in [0, 0.1) is 11.6 Å². The number of nitrogens with one attached hydrogen (secondary N) is 1. The van der Waals surface area contributed by atoms with E-state index in [0.717, 1.165) is 23.9 Å². The van der Waals surface area contributed by atoms with E-state index in [-0.39, 0.29) is 12.1 Å². The summed E-state index contributed by atoms with van der Waals surface area (Å²) in [6, 6.07) is 12.6. The van der Waals surface area contributed by atoms with E-state index >= 15 is 0 Å². The Labute approximate surface area is 119 Å². The van der Waals surface area contributed by atoms with Crippen LogP contribution in [-0.4, -0.2) is 20.2 Å². The molecule has 5 nitrogen and oxygen atoms in total. The van der Waals surface area contributed by atoms with Crippen molar-refractivity contribution in [1.29, 1.82) is 0 Å². The molecule has 1 aromatic heterocycles. The number of tetrazole rings is 1. The second-order valence-corrected chi connectivity index (χ2v) is 4.34. The third-order valence-corrected chi connectivity index (χ3v) is 2.91. The van der Waals surface area contributed by atoms with Crippen molar-refractivity contribution in [3.8, 4) is 5.69 Å². The van der Waals surface area contributed by atoms with Crippen molar-refractivity contribution < 1.29 is 8.78 Å². The summed E-state index contributed by atoms with van der Waals surface area (Å²) >= 11 is 0. The number of halogens is 2. The lowest BCUT2D eigenvalue weighted by atomic mass is 10.2. The summed E-state index contributed by atoms with van der Waals surface area (Å²) in [5.74, 6) is -0.622. The largest absolute Gasteiger partial charge is 0.349 e. The molecular weight excluding hydrogens is 276 g/mol. The zero-order chi connectivity index (χ0) is 14.7. The molecule has 106 valence electrons. The molecular formula is C14H11F2N5. The van der Waals surface area contributed by atoms with E-state index in [1.165, 1.54) is 4.68 Å². The van der Waals surface area contributed by atoms with Crippen LogP contribution in [0.15, 0.2) is 48.5 Å². The highest BCUT2D eigenvalue weighted by molar-refractivity contribution is 5.39. The molecule has 0 fully saturated rings. The molecule has 3 rings (SSSR count). The van der Waals surface area contributed by atoms with Gasteiger partial charge >= 0.3 is 0 Å². The number of anilines is 1. The van der Waals surface area contributed by atoms with Gasteiger partial charge in [-0.3, -0.25) is 0 Å². The van der Waals surface area contributed by atoms with Gasteiger partial charge in [0.05, 0.1) is 5.69 Å². The summed E-state index contributed by atoms with van der Waals surface area (Å²) in [5, 5.41) is 14.2. The third-order valence-electron chi connectivity index (χ3n) is 2.91. The first kappa shape index (κ1) is 13.2. The van der Waals surface area contributed by atoms with Gasteiger partial charge in [0, 0.05) is 12.1 Å². The minimum Gasteiger partial charge on any atom is -0.349 e. The van der Waals surface area contributed by atoms with Crippen LogP contribution in [0.25, 0.3) is 5.69 Å². The van der Waals surface area contributed by atoms with Gasteiger partial charge in [0.2, 0.25) is 5.95 Å². The smallest absolute Gasteiger partial charge is 0.248 e. The van der Waals surface area contributed by atoms with Crippen molar-refractivity contribution >= 4 is 5.95 Å². The molecule has 0 radical (unpaired) electrons. The number of rotatable bonds is 4. The molecule has 1 heterocycles. The van der Waals surface area contributed by atoms with Crippen LogP contribution in [0.3, 0.4) is 0 Å². The fourth-order valence-corrected chi connectivity index (χ4v) is 1.89. The predicted octanol–water partition coefficient (Wildman–Crippen LogP) is 2.55. The predicted molar refractivity (Wildman–Crippen MR) is 72.8 cm³/mol. The highest BCUT2D eigenvalue weighted by Gasteiger charge is 2.09. The van der Waals surface area contributed by atoms with Gasteiger partial charge in [0.25, 0.3) is 0 Å². The average Bonchev–Trinajstić information content (AvgIpc) is 2.97. The van der Waals surface area contributed by atoms with Crippen molar-refractivity contribution in [3.63, 3.8) is 0 Å². The molecule has 0 aliphatic carbocycles. The number of hydrogen-bond acceptors (Lipinski definition) is 4. The molecule has 3 aromatic rings. The van der Waals surface area contributed by atoms with E-state index in [9.17, 15) is 8.78 Å². The van der Waals surface area contributed by atoms with Crippen LogP contribution in [-0.2, 0) is 6.54 Å². The zero-order valence-electron chi connectivity index (χ0n) is 10.9. The van der Waals surface area contributed by atoms with Crippen LogP contribution in [0.4, 0.5) is 14.7 Å². The molecule has 0 saturated heterocycles. The van der Waals surface area contributed by atoms with Crippen molar-refractivity contribution in [2.45, 2.75) is 6.54 Å². The highest BCUT2D eigenvalue weighted by atomic mass is 19.1. The molecule has 1 N–H and O–H groups in total. The Morgan fingerprint density at radius 3 is 2.67 bits per heavy atom. The molecule has 7 heteroatoms. The average molecular weight is 287 g/mol. The second-order valence-electron chi connectivity index (χ2n) is 4.34. The number of para-hydroxylation sites is 1. The van der Waals surface area contributed by atoms with Crippen molar-refractivity contribution in [2.75, 3.05) is 5.32 Å². The van der Waals surface area contributed by atoms with E-state index in [1.54, 1.807) is 0 Å². The van der Waals surface area contributed by atoms with E-state index in [1.807, 2.05) is 30.3 Å². The zero-order valence-corrected chi connectivity index (χ0v) is 10.9. The standard InChI is InChI=1S/C14H11F2N5/c15-11-6-7-13(16)10(8-11)9-17-14-18-19-20-21(14)12-4-2-1-3-5-12/h1-8H,9H2,(H,17,18,20). The van der Waals surface area contributed by atoms with Gasteiger partial charge in [0.1, 0.15) is 11.6 Å². The van der Waals surface area contributed by atoms with Gasteiger partial charge < -0.3 is 5.32 Å². The molecule has 2 aromatic carbocycles. The number of nitrogens with zero attached hydrogens (tertiary/aromatic N) is 4. The molecule has 0 saturated carbocycles. The molecule has 0 unspecified atom stereocenters. The molecule has 0 aliphatic heterocycles. The fraction of sp³-hybridized carbons (Fsp3) is 0.0714. The van der Waals surface area contributed by atoms with Crippen LogP contribution >= 0.6 is 0 Å². The van der Waals surface area contributed by atoms with E-state index < -0.39 is 11.6 Å². The summed E-state index contributed by atoms with van der Waals surface area (Å²) < 4.78 is 28.2. The van der Waals surface area contributed by atoms with Crippen LogP contribution in [0.2, 0.25) is 0 Å². The minimum absolute atomic E-state index is 0.0802. The fourth-order valence-electron chi connectivity index (χ4n) is 1.89. The first-order chi connectivity index (χ1) is 10.2. The third kappa shape index (κ3) is 2.86. The summed E-state index contributed by atoms with van der Waals surface area (Å²) in [5.41, 5.74) is 0.974. The first-order valence-corrected chi connectivity index (χ1v) is 6.25. The minimum atomic E-state index is -0.490. The molecule has 0 amide bonds. The van der Waals surface area contributed by atoms with Crippen molar-refractivity contribution in [1.82, 2.24) is 20.2 Å². The Kier molecular flexibility index (Phi) is 3.55. The van der Waals surface area contributed by atoms with Crippen LogP contribution < -0.4 is 5.32 Å². The lowest BCUT2D eigenvalue weighted by molar-refractivity contribution is 0.587. The Morgan fingerprint density at radius 1 is 1.05 bits per heavy atom.